The highest BCUT2D eigenvalue weighted by atomic mass is 16.5. The van der Waals surface area contributed by atoms with E-state index in [-0.39, 0.29) is 6.10 Å². The summed E-state index contributed by atoms with van der Waals surface area (Å²) in [5, 5.41) is 7.10. The molecule has 0 radical (unpaired) electrons. The quantitative estimate of drug-likeness (QED) is 0.398. The predicted molar refractivity (Wildman–Crippen MR) is 138 cm³/mol. The number of pyridine rings is 1. The second-order valence-electron chi connectivity index (χ2n) is 8.86. The summed E-state index contributed by atoms with van der Waals surface area (Å²) in [5.74, 6) is 7.40. The lowest BCUT2D eigenvalue weighted by Crippen LogP contribution is -2.35. The van der Waals surface area contributed by atoms with E-state index in [1.54, 1.807) is 5.01 Å². The normalized spacial score (nSPS) is 15.5. The van der Waals surface area contributed by atoms with Crippen molar-refractivity contribution in [3.8, 4) is 5.75 Å². The van der Waals surface area contributed by atoms with E-state index in [2.05, 4.69) is 47.0 Å². The van der Waals surface area contributed by atoms with Crippen LogP contribution in [0.15, 0.2) is 67.5 Å². The zero-order valence-corrected chi connectivity index (χ0v) is 19.7. The van der Waals surface area contributed by atoms with Gasteiger partial charge in [-0.1, -0.05) is 30.8 Å². The molecule has 0 saturated carbocycles. The molecular formula is C27H33N5O. The van der Waals surface area contributed by atoms with Crippen LogP contribution in [0.5, 0.6) is 5.75 Å². The number of nitrogens with one attached hydrogen (secondary N) is 1. The SMILES string of the molecule is C=C(Nc1cc2cc(/C(C)=C/N(C)N)ccc2cn1)c1cccc(OC2CCN(C)CC2)c1. The van der Waals surface area contributed by atoms with Gasteiger partial charge in [0.2, 0.25) is 0 Å². The molecule has 6 nitrogen and oxygen atoms in total. The van der Waals surface area contributed by atoms with Crippen molar-refractivity contribution >= 4 is 27.9 Å². The number of fused-ring (bicyclic) bond motifs is 1. The van der Waals surface area contributed by atoms with Gasteiger partial charge in [0, 0.05) is 49.2 Å². The van der Waals surface area contributed by atoms with Crippen LogP contribution in [0, 0.1) is 0 Å². The fourth-order valence-electron chi connectivity index (χ4n) is 4.11. The smallest absolute Gasteiger partial charge is 0.130 e. The standard InChI is InChI=1S/C27H33N5O/c1-19(18-32(4)28)21-8-9-23-17-29-27(16-24(23)14-21)30-20(2)22-6-5-7-26(15-22)33-25-10-12-31(3)13-11-25/h5-9,14-18,25H,2,10-13,28H2,1,3-4H3,(H,29,30)/b19-18+. The van der Waals surface area contributed by atoms with Crippen LogP contribution < -0.4 is 15.9 Å². The number of benzene rings is 2. The van der Waals surface area contributed by atoms with Gasteiger partial charge in [0.05, 0.1) is 0 Å². The first kappa shape index (κ1) is 22.8. The third-order valence-electron chi connectivity index (χ3n) is 6.00. The van der Waals surface area contributed by atoms with Gasteiger partial charge in [0.1, 0.15) is 17.7 Å². The van der Waals surface area contributed by atoms with E-state index in [0.717, 1.165) is 70.7 Å². The number of piperidine rings is 1. The van der Waals surface area contributed by atoms with E-state index in [0.29, 0.717) is 0 Å². The summed E-state index contributed by atoms with van der Waals surface area (Å²) in [4.78, 5) is 6.91. The van der Waals surface area contributed by atoms with E-state index >= 15 is 0 Å². The largest absolute Gasteiger partial charge is 0.490 e. The Kier molecular flexibility index (Phi) is 6.96. The summed E-state index contributed by atoms with van der Waals surface area (Å²) >= 11 is 0. The van der Waals surface area contributed by atoms with Crippen LogP contribution in [0.3, 0.4) is 0 Å². The van der Waals surface area contributed by atoms with Crippen molar-refractivity contribution < 1.29 is 4.74 Å². The minimum absolute atomic E-state index is 0.269. The molecule has 0 unspecified atom stereocenters. The van der Waals surface area contributed by atoms with Crippen LogP contribution in [0.2, 0.25) is 0 Å². The number of nitrogens with zero attached hydrogens (tertiary/aromatic N) is 3. The highest BCUT2D eigenvalue weighted by molar-refractivity contribution is 5.88. The Hall–Kier alpha value is -3.35. The average molecular weight is 444 g/mol. The molecule has 3 N–H and O–H groups in total. The first-order valence-corrected chi connectivity index (χ1v) is 11.3. The Bertz CT molecular complexity index is 1160. The molecule has 172 valence electrons. The van der Waals surface area contributed by atoms with Gasteiger partial charge in [-0.25, -0.2) is 10.8 Å². The third-order valence-corrected chi connectivity index (χ3v) is 6.00. The van der Waals surface area contributed by atoms with Crippen LogP contribution >= 0.6 is 0 Å². The number of likely N-dealkylation sites (tertiary alicyclic amines) is 1. The van der Waals surface area contributed by atoms with Gasteiger partial charge < -0.3 is 20.0 Å². The fourth-order valence-corrected chi connectivity index (χ4v) is 4.11. The Labute approximate surface area is 196 Å². The number of ether oxygens (including phenoxy) is 1. The topological polar surface area (TPSA) is 66.6 Å². The molecule has 0 bridgehead atoms. The maximum atomic E-state index is 6.24. The lowest BCUT2D eigenvalue weighted by molar-refractivity contribution is 0.114. The molecule has 0 amide bonds. The van der Waals surface area contributed by atoms with Crippen molar-refractivity contribution in [3.63, 3.8) is 0 Å². The van der Waals surface area contributed by atoms with Gasteiger partial charge in [-0.05, 0) is 67.6 Å². The Morgan fingerprint density at radius 2 is 1.94 bits per heavy atom. The molecule has 1 saturated heterocycles. The van der Waals surface area contributed by atoms with Gasteiger partial charge in [-0.2, -0.15) is 0 Å². The van der Waals surface area contributed by atoms with Crippen LogP contribution in [0.4, 0.5) is 5.82 Å². The predicted octanol–water partition coefficient (Wildman–Crippen LogP) is 4.96. The van der Waals surface area contributed by atoms with Crippen molar-refractivity contribution in [1.82, 2.24) is 14.9 Å². The van der Waals surface area contributed by atoms with Crippen LogP contribution in [0.25, 0.3) is 22.0 Å². The number of hydrazine groups is 1. The van der Waals surface area contributed by atoms with Crippen molar-refractivity contribution in [2.45, 2.75) is 25.9 Å². The lowest BCUT2D eigenvalue weighted by Gasteiger charge is -2.29. The second kappa shape index (κ2) is 10.1. The summed E-state index contributed by atoms with van der Waals surface area (Å²) in [5.41, 5.74) is 3.99. The minimum Gasteiger partial charge on any atom is -0.490 e. The van der Waals surface area contributed by atoms with E-state index in [9.17, 15) is 0 Å². The highest BCUT2D eigenvalue weighted by Gasteiger charge is 2.18. The molecule has 2 aromatic carbocycles. The molecular weight excluding hydrogens is 410 g/mol. The first-order valence-electron chi connectivity index (χ1n) is 11.3. The molecule has 0 aliphatic carbocycles. The van der Waals surface area contributed by atoms with Gasteiger partial charge in [-0.15, -0.1) is 0 Å². The molecule has 1 aliphatic heterocycles. The van der Waals surface area contributed by atoms with Crippen molar-refractivity contribution in [2.24, 2.45) is 5.84 Å². The molecule has 1 aliphatic rings. The minimum atomic E-state index is 0.269. The molecule has 1 aromatic heterocycles. The number of nitrogens with two attached hydrogens (primary N) is 1. The second-order valence-corrected chi connectivity index (χ2v) is 8.86. The summed E-state index contributed by atoms with van der Waals surface area (Å²) in [7, 11) is 3.97. The number of allylic oxidation sites excluding steroid dienone is 1. The molecule has 1 fully saturated rings. The summed E-state index contributed by atoms with van der Waals surface area (Å²) in [6.45, 7) is 8.43. The Morgan fingerprint density at radius 3 is 2.70 bits per heavy atom. The third kappa shape index (κ3) is 5.92. The lowest BCUT2D eigenvalue weighted by atomic mass is 10.0. The van der Waals surface area contributed by atoms with Crippen molar-refractivity contribution in [1.29, 1.82) is 0 Å². The number of hydrogen-bond donors (Lipinski definition) is 2. The molecule has 0 atom stereocenters. The van der Waals surface area contributed by atoms with E-state index in [4.69, 9.17) is 10.6 Å². The molecule has 4 rings (SSSR count). The first-order chi connectivity index (χ1) is 15.9. The molecule has 2 heterocycles. The molecule has 33 heavy (non-hydrogen) atoms. The van der Waals surface area contributed by atoms with Crippen LogP contribution in [-0.2, 0) is 0 Å². The summed E-state index contributed by atoms with van der Waals surface area (Å²) in [6.07, 6.45) is 6.16. The highest BCUT2D eigenvalue weighted by Crippen LogP contribution is 2.26. The van der Waals surface area contributed by atoms with E-state index in [1.807, 2.05) is 56.7 Å². The van der Waals surface area contributed by atoms with Crippen molar-refractivity contribution in [3.05, 3.63) is 78.6 Å². The van der Waals surface area contributed by atoms with Crippen molar-refractivity contribution in [2.75, 3.05) is 32.5 Å². The Morgan fingerprint density at radius 1 is 1.15 bits per heavy atom. The van der Waals surface area contributed by atoms with Gasteiger partial charge in [0.25, 0.3) is 0 Å². The summed E-state index contributed by atoms with van der Waals surface area (Å²) in [6, 6.07) is 16.5. The molecule has 0 spiro atoms. The van der Waals surface area contributed by atoms with E-state index < -0.39 is 0 Å². The van der Waals surface area contributed by atoms with E-state index in [1.165, 1.54) is 0 Å². The monoisotopic (exact) mass is 443 g/mol. The average Bonchev–Trinajstić information content (AvgIpc) is 2.80. The zero-order chi connectivity index (χ0) is 23.4. The maximum absolute atomic E-state index is 6.24. The maximum Gasteiger partial charge on any atom is 0.130 e. The number of rotatable bonds is 7. The Balaban J connectivity index is 1.48. The molecule has 3 aromatic rings. The van der Waals surface area contributed by atoms with Gasteiger partial charge in [-0.3, -0.25) is 0 Å². The number of anilines is 1. The van der Waals surface area contributed by atoms with Crippen LogP contribution in [-0.4, -0.2) is 48.2 Å². The number of hydrogen-bond acceptors (Lipinski definition) is 6. The fraction of sp³-hybridized carbons (Fsp3) is 0.296. The zero-order valence-electron chi connectivity index (χ0n) is 19.7. The summed E-state index contributed by atoms with van der Waals surface area (Å²) < 4.78 is 6.24. The molecule has 6 heteroatoms. The van der Waals surface area contributed by atoms with Gasteiger partial charge in [0.15, 0.2) is 0 Å². The number of aromatic nitrogens is 1. The van der Waals surface area contributed by atoms with Crippen LogP contribution in [0.1, 0.15) is 30.9 Å². The van der Waals surface area contributed by atoms with Gasteiger partial charge >= 0.3 is 0 Å².